The maximum absolute atomic E-state index is 12.2. The van der Waals surface area contributed by atoms with Gasteiger partial charge in [-0.15, -0.1) is 0 Å². The largest absolute Gasteiger partial charge is 0.506 e. The molecule has 0 spiro atoms. The summed E-state index contributed by atoms with van der Waals surface area (Å²) in [6, 6.07) is 9.81. The van der Waals surface area contributed by atoms with Gasteiger partial charge in [0.25, 0.3) is 0 Å². The van der Waals surface area contributed by atoms with E-state index in [-0.39, 0.29) is 11.7 Å². The lowest BCUT2D eigenvalue weighted by Gasteiger charge is -2.38. The fourth-order valence-electron chi connectivity index (χ4n) is 4.54. The van der Waals surface area contributed by atoms with E-state index in [2.05, 4.69) is 16.7 Å². The molecule has 1 aliphatic carbocycles. The maximum atomic E-state index is 12.2. The van der Waals surface area contributed by atoms with E-state index in [4.69, 9.17) is 11.6 Å². The number of hydrogen-bond acceptors (Lipinski definition) is 4. The van der Waals surface area contributed by atoms with Gasteiger partial charge in [-0.25, -0.2) is 0 Å². The van der Waals surface area contributed by atoms with Crippen molar-refractivity contribution >= 4 is 27.5 Å². The summed E-state index contributed by atoms with van der Waals surface area (Å²) in [5.74, 6) is 0.222. The van der Waals surface area contributed by atoms with E-state index in [0.29, 0.717) is 16.8 Å². The number of anilines is 1. The van der Waals surface area contributed by atoms with Crippen molar-refractivity contribution in [3.05, 3.63) is 57.6 Å². The van der Waals surface area contributed by atoms with Crippen LogP contribution in [0.5, 0.6) is 5.75 Å². The van der Waals surface area contributed by atoms with E-state index in [1.54, 1.807) is 0 Å². The molecule has 2 aromatic carbocycles. The first-order valence-electron chi connectivity index (χ1n) is 9.72. The zero-order valence-corrected chi connectivity index (χ0v) is 18.4. The number of phenols is 1. The molecule has 0 radical (unpaired) electrons. The van der Waals surface area contributed by atoms with Crippen molar-refractivity contribution < 1.29 is 13.5 Å². The van der Waals surface area contributed by atoms with Crippen LogP contribution in [0.4, 0.5) is 5.69 Å². The molecule has 29 heavy (non-hydrogen) atoms. The van der Waals surface area contributed by atoms with Crippen LogP contribution in [0, 0.1) is 0 Å². The Labute approximate surface area is 177 Å². The lowest BCUT2D eigenvalue weighted by molar-refractivity contribution is 0.214. The van der Waals surface area contributed by atoms with E-state index >= 15 is 0 Å². The van der Waals surface area contributed by atoms with Gasteiger partial charge in [-0.2, -0.15) is 12.7 Å². The number of nitrogens with one attached hydrogen (secondary N) is 1. The van der Waals surface area contributed by atoms with Crippen LogP contribution in [0.2, 0.25) is 5.02 Å². The van der Waals surface area contributed by atoms with Gasteiger partial charge in [-0.05, 0) is 72.8 Å². The minimum atomic E-state index is -3.55. The predicted molar refractivity (Wildman–Crippen MR) is 116 cm³/mol. The summed E-state index contributed by atoms with van der Waals surface area (Å²) in [7, 11) is 1.60. The van der Waals surface area contributed by atoms with Crippen LogP contribution in [0.3, 0.4) is 0 Å². The number of aryl methyl sites for hydroxylation is 1. The van der Waals surface area contributed by atoms with Crippen molar-refractivity contribution in [2.24, 2.45) is 0 Å². The van der Waals surface area contributed by atoms with Crippen LogP contribution in [-0.4, -0.2) is 56.5 Å². The van der Waals surface area contributed by atoms with Crippen molar-refractivity contribution in [2.45, 2.75) is 31.2 Å². The Morgan fingerprint density at radius 1 is 1.14 bits per heavy atom. The molecule has 4 rings (SSSR count). The third-order valence-electron chi connectivity index (χ3n) is 6.14. The molecule has 0 bridgehead atoms. The Bertz CT molecular complexity index is 1060. The minimum Gasteiger partial charge on any atom is -0.506 e. The molecule has 156 valence electrons. The fourth-order valence-corrected chi connectivity index (χ4v) is 5.34. The second kappa shape index (κ2) is 7.47. The van der Waals surface area contributed by atoms with Crippen LogP contribution in [0.25, 0.3) is 0 Å². The third-order valence-corrected chi connectivity index (χ3v) is 7.90. The van der Waals surface area contributed by atoms with Crippen LogP contribution in [0.1, 0.15) is 34.6 Å². The number of aromatic hydroxyl groups is 1. The number of phenolic OH excluding ortho intramolecular Hbond substituents is 1. The van der Waals surface area contributed by atoms with Gasteiger partial charge in [0, 0.05) is 32.6 Å². The Hall–Kier alpha value is -1.80. The Kier molecular flexibility index (Phi) is 5.27. The van der Waals surface area contributed by atoms with Crippen LogP contribution in [-0.2, 0) is 23.1 Å². The molecule has 2 N–H and O–H groups in total. The van der Waals surface area contributed by atoms with E-state index in [1.165, 1.54) is 19.7 Å². The predicted octanol–water partition coefficient (Wildman–Crippen LogP) is 3.20. The fraction of sp³-hybridized carbons (Fsp3) is 0.429. The molecule has 2 aromatic rings. The highest BCUT2D eigenvalue weighted by atomic mass is 35.5. The molecule has 6 nitrogen and oxygen atoms in total. The summed E-state index contributed by atoms with van der Waals surface area (Å²) in [5.41, 5.74) is 5.17. The zero-order valence-electron chi connectivity index (χ0n) is 16.8. The van der Waals surface area contributed by atoms with E-state index in [0.717, 1.165) is 46.8 Å². The van der Waals surface area contributed by atoms with Gasteiger partial charge in [-0.3, -0.25) is 4.72 Å². The smallest absolute Gasteiger partial charge is 0.301 e. The topological polar surface area (TPSA) is 72.9 Å². The normalized spacial score (nSPS) is 21.8. The minimum absolute atomic E-state index is 0.108. The van der Waals surface area contributed by atoms with Gasteiger partial charge in [0.1, 0.15) is 5.75 Å². The molecule has 0 saturated carbocycles. The quantitative estimate of drug-likeness (QED) is 0.776. The highest BCUT2D eigenvalue weighted by molar-refractivity contribution is 7.90. The van der Waals surface area contributed by atoms with E-state index in [1.807, 2.05) is 30.3 Å². The van der Waals surface area contributed by atoms with Crippen molar-refractivity contribution in [3.63, 3.8) is 0 Å². The monoisotopic (exact) mass is 435 g/mol. The number of benzene rings is 2. The molecule has 1 aliphatic heterocycles. The Morgan fingerprint density at radius 3 is 2.59 bits per heavy atom. The summed E-state index contributed by atoms with van der Waals surface area (Å²) in [4.78, 5) is 2.39. The molecule has 2 aliphatic rings. The highest BCUT2D eigenvalue weighted by Crippen LogP contribution is 2.45. The maximum Gasteiger partial charge on any atom is 0.301 e. The van der Waals surface area contributed by atoms with Crippen molar-refractivity contribution in [1.82, 2.24) is 9.21 Å². The first-order valence-corrected chi connectivity index (χ1v) is 11.5. The standard InChI is InChI=1S/C21H26ClN3O3S/c1-24(2)29(27,28)23-15-5-6-16-13(10-15)4-7-19-21(16)17-12-20(26)18(22)11-14(17)8-9-25(19)3/h5-6,10-12,19,21,23,26H,4,7-9H2,1-3H3/t19-,21+/m0/s1. The molecular weight excluding hydrogens is 410 g/mol. The first kappa shape index (κ1) is 20.5. The van der Waals surface area contributed by atoms with Gasteiger partial charge >= 0.3 is 10.2 Å². The average molecular weight is 436 g/mol. The molecule has 0 aromatic heterocycles. The highest BCUT2D eigenvalue weighted by Gasteiger charge is 2.37. The summed E-state index contributed by atoms with van der Waals surface area (Å²) in [6.45, 7) is 0.936. The summed E-state index contributed by atoms with van der Waals surface area (Å²) in [6.07, 6.45) is 2.74. The average Bonchev–Trinajstić information content (AvgIpc) is 2.79. The number of hydrogen-bond donors (Lipinski definition) is 2. The zero-order chi connectivity index (χ0) is 20.9. The van der Waals surface area contributed by atoms with Crippen molar-refractivity contribution in [2.75, 3.05) is 32.4 Å². The number of halogens is 1. The SMILES string of the molecule is CN1CCc2cc(Cl)c(O)cc2[C@H]2c3ccc(NS(=O)(=O)N(C)C)cc3CC[C@@H]21. The molecule has 0 fully saturated rings. The van der Waals surface area contributed by atoms with Gasteiger partial charge < -0.3 is 10.0 Å². The second-order valence-corrected chi connectivity index (χ2v) is 10.4. The Balaban J connectivity index is 1.79. The number of likely N-dealkylation sites (N-methyl/N-ethyl adjacent to an activating group) is 1. The summed E-state index contributed by atoms with van der Waals surface area (Å²) >= 11 is 6.19. The first-order chi connectivity index (χ1) is 13.7. The lowest BCUT2D eigenvalue weighted by Crippen LogP contribution is -2.39. The second-order valence-electron chi connectivity index (χ2n) is 8.12. The molecule has 0 amide bonds. The van der Waals surface area contributed by atoms with Crippen molar-refractivity contribution in [3.8, 4) is 5.75 Å². The molecule has 2 atom stereocenters. The van der Waals surface area contributed by atoms with Crippen LogP contribution in [0.15, 0.2) is 30.3 Å². The van der Waals surface area contributed by atoms with Crippen LogP contribution >= 0.6 is 11.6 Å². The van der Waals surface area contributed by atoms with Gasteiger partial charge in [-0.1, -0.05) is 17.7 Å². The molecule has 1 heterocycles. The van der Waals surface area contributed by atoms with Crippen LogP contribution < -0.4 is 4.72 Å². The lowest BCUT2D eigenvalue weighted by atomic mass is 9.74. The van der Waals surface area contributed by atoms with Gasteiger partial charge in [0.05, 0.1) is 10.7 Å². The number of rotatable bonds is 3. The molecular formula is C21H26ClN3O3S. The van der Waals surface area contributed by atoms with Crippen molar-refractivity contribution in [1.29, 1.82) is 0 Å². The summed E-state index contributed by atoms with van der Waals surface area (Å²) in [5, 5.41) is 10.7. The number of nitrogens with zero attached hydrogens (tertiary/aromatic N) is 2. The molecule has 0 unspecified atom stereocenters. The van der Waals surface area contributed by atoms with Gasteiger partial charge in [0.2, 0.25) is 0 Å². The Morgan fingerprint density at radius 2 is 1.86 bits per heavy atom. The number of fused-ring (bicyclic) bond motifs is 5. The van der Waals surface area contributed by atoms with E-state index in [9.17, 15) is 13.5 Å². The summed E-state index contributed by atoms with van der Waals surface area (Å²) < 4.78 is 28.2. The van der Waals surface area contributed by atoms with Gasteiger partial charge in [0.15, 0.2) is 0 Å². The molecule has 0 saturated heterocycles. The molecule has 8 heteroatoms. The third kappa shape index (κ3) is 3.72. The van der Waals surface area contributed by atoms with E-state index < -0.39 is 10.2 Å².